The molecule has 2 unspecified atom stereocenters. The highest BCUT2D eigenvalue weighted by atomic mass is 16.4. The molecule has 0 aromatic heterocycles. The van der Waals surface area contributed by atoms with Gasteiger partial charge in [-0.05, 0) is 24.5 Å². The highest BCUT2D eigenvalue weighted by molar-refractivity contribution is 5.83. The summed E-state index contributed by atoms with van der Waals surface area (Å²) in [5, 5.41) is 12.2. The van der Waals surface area contributed by atoms with Crippen LogP contribution in [0.2, 0.25) is 0 Å². The van der Waals surface area contributed by atoms with Gasteiger partial charge in [0.1, 0.15) is 6.04 Å². The van der Waals surface area contributed by atoms with Gasteiger partial charge in [0.2, 0.25) is 5.91 Å². The summed E-state index contributed by atoms with van der Waals surface area (Å²) in [4.78, 5) is 25.4. The van der Waals surface area contributed by atoms with E-state index in [0.717, 1.165) is 11.1 Å². The lowest BCUT2D eigenvalue weighted by Crippen LogP contribution is -2.54. The number of hydrogen-bond acceptors (Lipinski definition) is 3. The van der Waals surface area contributed by atoms with Crippen molar-refractivity contribution in [2.45, 2.75) is 32.0 Å². The van der Waals surface area contributed by atoms with Gasteiger partial charge in [-0.15, -0.1) is 6.58 Å². The van der Waals surface area contributed by atoms with E-state index in [2.05, 4.69) is 11.9 Å². The van der Waals surface area contributed by atoms with Gasteiger partial charge < -0.3 is 10.4 Å². The van der Waals surface area contributed by atoms with Crippen LogP contribution in [0.15, 0.2) is 36.9 Å². The van der Waals surface area contributed by atoms with Gasteiger partial charge in [-0.2, -0.15) is 0 Å². The van der Waals surface area contributed by atoms with Crippen molar-refractivity contribution in [3.8, 4) is 0 Å². The van der Waals surface area contributed by atoms with E-state index in [-0.39, 0.29) is 5.91 Å². The average molecular weight is 288 g/mol. The summed E-state index contributed by atoms with van der Waals surface area (Å²) in [6.45, 7) is 6.14. The van der Waals surface area contributed by atoms with Crippen LogP contribution >= 0.6 is 0 Å². The normalized spacial score (nSPS) is 19.4. The predicted molar refractivity (Wildman–Crippen MR) is 79.8 cm³/mol. The lowest BCUT2D eigenvalue weighted by Gasteiger charge is -2.37. The van der Waals surface area contributed by atoms with Crippen LogP contribution in [0.25, 0.3) is 0 Å². The van der Waals surface area contributed by atoms with E-state index < -0.39 is 18.1 Å². The van der Waals surface area contributed by atoms with Crippen LogP contribution in [-0.2, 0) is 22.6 Å². The predicted octanol–water partition coefficient (Wildman–Crippen LogP) is 1.19. The maximum absolute atomic E-state index is 12.1. The number of hydrogen-bond donors (Lipinski definition) is 2. The monoisotopic (exact) mass is 288 g/mol. The van der Waals surface area contributed by atoms with Crippen LogP contribution in [-0.4, -0.2) is 40.5 Å². The fraction of sp³-hybridized carbons (Fsp3) is 0.375. The Bertz CT molecular complexity index is 556. The van der Waals surface area contributed by atoms with Crippen LogP contribution in [0.3, 0.4) is 0 Å². The SMILES string of the molecule is C=CCNC(=O)C(C)N1Cc2ccccc2CC1C(=O)O. The molecule has 1 heterocycles. The third kappa shape index (κ3) is 3.31. The van der Waals surface area contributed by atoms with Crippen molar-refractivity contribution in [3.05, 3.63) is 48.0 Å². The van der Waals surface area contributed by atoms with E-state index in [4.69, 9.17) is 0 Å². The van der Waals surface area contributed by atoms with Gasteiger partial charge in [0, 0.05) is 13.1 Å². The Morgan fingerprint density at radius 1 is 1.48 bits per heavy atom. The third-order valence-corrected chi connectivity index (χ3v) is 3.87. The molecule has 21 heavy (non-hydrogen) atoms. The molecule has 1 aromatic rings. The van der Waals surface area contributed by atoms with Gasteiger partial charge in [-0.1, -0.05) is 30.3 Å². The molecule has 5 heteroatoms. The van der Waals surface area contributed by atoms with Crippen molar-refractivity contribution < 1.29 is 14.7 Å². The maximum Gasteiger partial charge on any atom is 0.321 e. The van der Waals surface area contributed by atoms with Crippen LogP contribution < -0.4 is 5.32 Å². The van der Waals surface area contributed by atoms with E-state index >= 15 is 0 Å². The van der Waals surface area contributed by atoms with Crippen molar-refractivity contribution in [3.63, 3.8) is 0 Å². The fourth-order valence-electron chi connectivity index (χ4n) is 2.65. The summed E-state index contributed by atoms with van der Waals surface area (Å²) >= 11 is 0. The number of aliphatic carboxylic acids is 1. The molecule has 2 atom stereocenters. The lowest BCUT2D eigenvalue weighted by atomic mass is 9.92. The molecule has 2 rings (SSSR count). The molecule has 0 bridgehead atoms. The molecule has 1 aliphatic heterocycles. The number of carbonyl (C=O) groups is 2. The summed E-state index contributed by atoms with van der Waals surface area (Å²) in [5.74, 6) is -1.08. The number of carboxylic acid groups (broad SMARTS) is 1. The maximum atomic E-state index is 12.1. The Labute approximate surface area is 124 Å². The molecule has 1 aliphatic rings. The van der Waals surface area contributed by atoms with E-state index in [1.165, 1.54) is 0 Å². The van der Waals surface area contributed by atoms with Crippen LogP contribution in [0, 0.1) is 0 Å². The summed E-state index contributed by atoms with van der Waals surface area (Å²) in [6, 6.07) is 6.59. The first-order chi connectivity index (χ1) is 10.0. The minimum atomic E-state index is -0.895. The largest absolute Gasteiger partial charge is 0.480 e. The number of carbonyl (C=O) groups excluding carboxylic acids is 1. The molecule has 1 aromatic carbocycles. The Hall–Kier alpha value is -2.14. The van der Waals surface area contributed by atoms with Crippen molar-refractivity contribution in [1.82, 2.24) is 10.2 Å². The van der Waals surface area contributed by atoms with Gasteiger partial charge >= 0.3 is 5.97 Å². The van der Waals surface area contributed by atoms with Gasteiger partial charge in [-0.25, -0.2) is 0 Å². The quantitative estimate of drug-likeness (QED) is 0.799. The molecule has 0 aliphatic carbocycles. The molecular formula is C16H20N2O3. The summed E-state index contributed by atoms with van der Waals surface area (Å²) in [7, 11) is 0. The molecule has 0 saturated carbocycles. The number of rotatable bonds is 5. The smallest absolute Gasteiger partial charge is 0.321 e. The summed E-state index contributed by atoms with van der Waals surface area (Å²) in [5.41, 5.74) is 2.12. The molecule has 2 N–H and O–H groups in total. The first-order valence-electron chi connectivity index (χ1n) is 6.98. The average Bonchev–Trinajstić information content (AvgIpc) is 2.50. The van der Waals surface area contributed by atoms with Gasteiger partial charge in [0.25, 0.3) is 0 Å². The Morgan fingerprint density at radius 2 is 2.14 bits per heavy atom. The van der Waals surface area contributed by atoms with Crippen LogP contribution in [0.5, 0.6) is 0 Å². The molecule has 5 nitrogen and oxygen atoms in total. The second-order valence-electron chi connectivity index (χ2n) is 5.21. The first kappa shape index (κ1) is 15.3. The van der Waals surface area contributed by atoms with E-state index in [0.29, 0.717) is 19.5 Å². The number of amides is 1. The zero-order chi connectivity index (χ0) is 15.4. The molecule has 0 radical (unpaired) electrons. The summed E-state index contributed by atoms with van der Waals surface area (Å²) < 4.78 is 0. The van der Waals surface area contributed by atoms with Gasteiger partial charge in [-0.3, -0.25) is 14.5 Å². The van der Waals surface area contributed by atoms with E-state index in [1.54, 1.807) is 17.9 Å². The van der Waals surface area contributed by atoms with Crippen molar-refractivity contribution in [2.24, 2.45) is 0 Å². The number of nitrogens with one attached hydrogen (secondary N) is 1. The Kier molecular flexibility index (Phi) is 4.75. The number of fused-ring (bicyclic) bond motifs is 1. The van der Waals surface area contributed by atoms with Gasteiger partial charge in [0.15, 0.2) is 0 Å². The number of benzene rings is 1. The van der Waals surface area contributed by atoms with E-state index in [9.17, 15) is 14.7 Å². The topological polar surface area (TPSA) is 69.6 Å². The number of nitrogens with zero attached hydrogens (tertiary/aromatic N) is 1. The Morgan fingerprint density at radius 3 is 2.76 bits per heavy atom. The van der Waals surface area contributed by atoms with Crippen molar-refractivity contribution in [2.75, 3.05) is 6.54 Å². The molecule has 112 valence electrons. The fourth-order valence-corrected chi connectivity index (χ4v) is 2.65. The van der Waals surface area contributed by atoms with Crippen LogP contribution in [0.1, 0.15) is 18.1 Å². The van der Waals surface area contributed by atoms with E-state index in [1.807, 2.05) is 24.3 Å². The van der Waals surface area contributed by atoms with Gasteiger partial charge in [0.05, 0.1) is 6.04 Å². The second-order valence-corrected chi connectivity index (χ2v) is 5.21. The molecule has 0 saturated heterocycles. The first-order valence-corrected chi connectivity index (χ1v) is 6.98. The molecule has 0 fully saturated rings. The zero-order valence-corrected chi connectivity index (χ0v) is 12.1. The van der Waals surface area contributed by atoms with Crippen molar-refractivity contribution >= 4 is 11.9 Å². The minimum Gasteiger partial charge on any atom is -0.480 e. The molecular weight excluding hydrogens is 268 g/mol. The minimum absolute atomic E-state index is 0.180. The highest BCUT2D eigenvalue weighted by Crippen LogP contribution is 2.25. The zero-order valence-electron chi connectivity index (χ0n) is 12.1. The Balaban J connectivity index is 2.22. The third-order valence-electron chi connectivity index (χ3n) is 3.87. The van der Waals surface area contributed by atoms with Crippen LogP contribution in [0.4, 0.5) is 0 Å². The second kappa shape index (κ2) is 6.54. The standard InChI is InChI=1S/C16H20N2O3/c1-3-8-17-15(19)11(2)18-10-13-7-5-4-6-12(13)9-14(18)16(20)21/h3-7,11,14H,1,8-10H2,2H3,(H,17,19)(H,20,21). The van der Waals surface area contributed by atoms with Crippen molar-refractivity contribution in [1.29, 1.82) is 0 Å². The highest BCUT2D eigenvalue weighted by Gasteiger charge is 2.36. The number of carboxylic acids is 1. The summed E-state index contributed by atoms with van der Waals surface area (Å²) in [6.07, 6.45) is 2.02. The lowest BCUT2D eigenvalue weighted by molar-refractivity contribution is -0.146. The molecule has 0 spiro atoms. The molecule has 1 amide bonds.